The number of amides is 2. The van der Waals surface area contributed by atoms with E-state index in [9.17, 15) is 4.79 Å². The van der Waals surface area contributed by atoms with Crippen molar-refractivity contribution in [2.24, 2.45) is 0 Å². The largest absolute Gasteiger partial charge is 0.338 e. The summed E-state index contributed by atoms with van der Waals surface area (Å²) in [6, 6.07) is 10.8. The zero-order chi connectivity index (χ0) is 11.9. The van der Waals surface area contributed by atoms with Crippen LogP contribution in [0.15, 0.2) is 30.3 Å². The van der Waals surface area contributed by atoms with E-state index in [-0.39, 0.29) is 6.03 Å². The fourth-order valence-corrected chi connectivity index (χ4v) is 1.93. The second kappa shape index (κ2) is 6.28. The maximum atomic E-state index is 11.4. The van der Waals surface area contributed by atoms with Crippen molar-refractivity contribution in [3.63, 3.8) is 0 Å². The van der Waals surface area contributed by atoms with Crippen LogP contribution in [-0.2, 0) is 6.42 Å². The lowest BCUT2D eigenvalue weighted by molar-refractivity contribution is 0.228. The number of hydrogen-bond donors (Lipinski definition) is 2. The highest BCUT2D eigenvalue weighted by atomic mass is 16.2. The number of carbonyl (C=O) groups is 1. The van der Waals surface area contributed by atoms with Crippen molar-refractivity contribution in [1.82, 2.24) is 10.6 Å². The smallest absolute Gasteiger partial charge is 0.315 e. The second-order valence-corrected chi connectivity index (χ2v) is 4.62. The maximum absolute atomic E-state index is 11.4. The summed E-state index contributed by atoms with van der Waals surface area (Å²) in [6.45, 7) is 0.743. The highest BCUT2D eigenvalue weighted by Crippen LogP contribution is 2.17. The molecule has 92 valence electrons. The summed E-state index contributed by atoms with van der Waals surface area (Å²) in [7, 11) is 0. The summed E-state index contributed by atoms with van der Waals surface area (Å²) >= 11 is 0. The fraction of sp³-hybridized carbons (Fsp3) is 0.500. The third kappa shape index (κ3) is 4.10. The summed E-state index contributed by atoms with van der Waals surface area (Å²) in [5.41, 5.74) is 1.33. The van der Waals surface area contributed by atoms with Crippen LogP contribution in [0.5, 0.6) is 0 Å². The van der Waals surface area contributed by atoms with Gasteiger partial charge in [0.25, 0.3) is 0 Å². The van der Waals surface area contributed by atoms with Crippen LogP contribution in [0.1, 0.15) is 31.2 Å². The van der Waals surface area contributed by atoms with Gasteiger partial charge in [0.05, 0.1) is 0 Å². The first-order chi connectivity index (χ1) is 8.34. The molecule has 17 heavy (non-hydrogen) atoms. The topological polar surface area (TPSA) is 41.1 Å². The molecule has 1 aliphatic rings. The molecule has 1 aromatic carbocycles. The number of aryl methyl sites for hydroxylation is 1. The van der Waals surface area contributed by atoms with Crippen molar-refractivity contribution in [3.05, 3.63) is 35.9 Å². The molecule has 0 aromatic heterocycles. The van der Waals surface area contributed by atoms with Gasteiger partial charge in [-0.1, -0.05) is 30.3 Å². The lowest BCUT2D eigenvalue weighted by Crippen LogP contribution is -2.45. The van der Waals surface area contributed by atoms with E-state index in [2.05, 4.69) is 22.8 Å². The molecule has 0 aliphatic heterocycles. The van der Waals surface area contributed by atoms with Gasteiger partial charge in [0, 0.05) is 12.6 Å². The number of benzene rings is 1. The van der Waals surface area contributed by atoms with Crippen LogP contribution in [0.2, 0.25) is 0 Å². The van der Waals surface area contributed by atoms with Crippen LogP contribution in [0, 0.1) is 0 Å². The molecule has 3 heteroatoms. The van der Waals surface area contributed by atoms with E-state index >= 15 is 0 Å². The Balaban J connectivity index is 1.55. The molecule has 1 saturated carbocycles. The lowest BCUT2D eigenvalue weighted by atomic mass is 9.93. The Morgan fingerprint density at radius 1 is 1.24 bits per heavy atom. The summed E-state index contributed by atoms with van der Waals surface area (Å²) in [6.07, 6.45) is 5.53. The molecule has 2 amide bonds. The molecule has 0 saturated heterocycles. The van der Waals surface area contributed by atoms with Gasteiger partial charge in [0.15, 0.2) is 0 Å². The van der Waals surface area contributed by atoms with E-state index in [4.69, 9.17) is 0 Å². The van der Waals surface area contributed by atoms with Gasteiger partial charge in [-0.05, 0) is 37.7 Å². The zero-order valence-electron chi connectivity index (χ0n) is 10.1. The van der Waals surface area contributed by atoms with E-state index in [0.717, 1.165) is 32.2 Å². The van der Waals surface area contributed by atoms with E-state index in [1.165, 1.54) is 12.0 Å². The van der Waals surface area contributed by atoms with Crippen LogP contribution in [0.3, 0.4) is 0 Å². The van der Waals surface area contributed by atoms with Gasteiger partial charge in [0.2, 0.25) is 0 Å². The fourth-order valence-electron chi connectivity index (χ4n) is 1.93. The first-order valence-corrected chi connectivity index (χ1v) is 6.43. The van der Waals surface area contributed by atoms with E-state index in [0.29, 0.717) is 6.04 Å². The Labute approximate surface area is 103 Å². The minimum atomic E-state index is -0.0113. The molecule has 1 aliphatic carbocycles. The summed E-state index contributed by atoms with van der Waals surface area (Å²) in [4.78, 5) is 11.4. The van der Waals surface area contributed by atoms with Gasteiger partial charge in [0.1, 0.15) is 0 Å². The molecule has 0 bridgehead atoms. The predicted molar refractivity (Wildman–Crippen MR) is 68.9 cm³/mol. The molecule has 2 rings (SSSR count). The lowest BCUT2D eigenvalue weighted by Gasteiger charge is -2.26. The third-order valence-corrected chi connectivity index (χ3v) is 3.21. The SMILES string of the molecule is O=C(NCCCc1ccccc1)NC1CCC1. The van der Waals surface area contributed by atoms with Gasteiger partial charge in [-0.2, -0.15) is 0 Å². The summed E-state index contributed by atoms with van der Waals surface area (Å²) in [5, 5.41) is 5.87. The minimum absolute atomic E-state index is 0.0113. The second-order valence-electron chi connectivity index (χ2n) is 4.62. The Hall–Kier alpha value is -1.51. The number of nitrogens with one attached hydrogen (secondary N) is 2. The first-order valence-electron chi connectivity index (χ1n) is 6.43. The maximum Gasteiger partial charge on any atom is 0.315 e. The van der Waals surface area contributed by atoms with Crippen molar-refractivity contribution in [2.45, 2.75) is 38.1 Å². The predicted octanol–water partition coefficient (Wildman–Crippen LogP) is 2.47. The van der Waals surface area contributed by atoms with Crippen LogP contribution < -0.4 is 10.6 Å². The monoisotopic (exact) mass is 232 g/mol. The minimum Gasteiger partial charge on any atom is -0.338 e. The van der Waals surface area contributed by atoms with Gasteiger partial charge >= 0.3 is 6.03 Å². The molecule has 1 fully saturated rings. The van der Waals surface area contributed by atoms with E-state index < -0.39 is 0 Å². The number of hydrogen-bond acceptors (Lipinski definition) is 1. The van der Waals surface area contributed by atoms with Crippen molar-refractivity contribution in [1.29, 1.82) is 0 Å². The van der Waals surface area contributed by atoms with Gasteiger partial charge in [-0.25, -0.2) is 4.79 Å². The molecule has 1 aromatic rings. The van der Waals surface area contributed by atoms with Gasteiger partial charge in [-0.15, -0.1) is 0 Å². The normalized spacial score (nSPS) is 15.1. The standard InChI is InChI=1S/C14H20N2O/c17-14(16-13-9-4-10-13)15-11-5-8-12-6-2-1-3-7-12/h1-3,6-7,13H,4-5,8-11H2,(H2,15,16,17). The van der Waals surface area contributed by atoms with E-state index in [1.807, 2.05) is 18.2 Å². The molecule has 0 heterocycles. The zero-order valence-corrected chi connectivity index (χ0v) is 10.1. The molecule has 2 N–H and O–H groups in total. The highest BCUT2D eigenvalue weighted by Gasteiger charge is 2.18. The van der Waals surface area contributed by atoms with Crippen LogP contribution in [0.25, 0.3) is 0 Å². The van der Waals surface area contributed by atoms with Gasteiger partial charge < -0.3 is 10.6 Å². The van der Waals surface area contributed by atoms with Crippen molar-refractivity contribution < 1.29 is 4.79 Å². The molecular weight excluding hydrogens is 212 g/mol. The molecule has 3 nitrogen and oxygen atoms in total. The third-order valence-electron chi connectivity index (χ3n) is 3.21. The first kappa shape index (κ1) is 12.0. The molecule has 0 spiro atoms. The van der Waals surface area contributed by atoms with E-state index in [1.54, 1.807) is 0 Å². The quantitative estimate of drug-likeness (QED) is 0.752. The van der Waals surface area contributed by atoms with Gasteiger partial charge in [-0.3, -0.25) is 0 Å². The molecule has 0 radical (unpaired) electrons. The summed E-state index contributed by atoms with van der Waals surface area (Å²) in [5.74, 6) is 0. The number of rotatable bonds is 5. The van der Waals surface area contributed by atoms with Crippen LogP contribution >= 0.6 is 0 Å². The number of carbonyl (C=O) groups excluding carboxylic acids is 1. The molecular formula is C14H20N2O. The molecule has 0 unspecified atom stereocenters. The Morgan fingerprint density at radius 2 is 2.00 bits per heavy atom. The average molecular weight is 232 g/mol. The van der Waals surface area contributed by atoms with Crippen molar-refractivity contribution in [2.75, 3.05) is 6.54 Å². The average Bonchev–Trinajstić information content (AvgIpc) is 2.31. The van der Waals surface area contributed by atoms with Crippen LogP contribution in [0.4, 0.5) is 4.79 Å². The molecule has 0 atom stereocenters. The number of urea groups is 1. The van der Waals surface area contributed by atoms with Crippen molar-refractivity contribution >= 4 is 6.03 Å². The summed E-state index contributed by atoms with van der Waals surface area (Å²) < 4.78 is 0. The van der Waals surface area contributed by atoms with Crippen LogP contribution in [-0.4, -0.2) is 18.6 Å². The van der Waals surface area contributed by atoms with Crippen molar-refractivity contribution in [3.8, 4) is 0 Å². The highest BCUT2D eigenvalue weighted by molar-refractivity contribution is 5.74. The Morgan fingerprint density at radius 3 is 2.65 bits per heavy atom. The Kier molecular flexibility index (Phi) is 4.42. The Bertz CT molecular complexity index is 346.